The third-order valence-corrected chi connectivity index (χ3v) is 3.19. The molecule has 126 valence electrons. The van der Waals surface area contributed by atoms with Crippen LogP contribution in [0, 0.1) is 6.92 Å². The summed E-state index contributed by atoms with van der Waals surface area (Å²) in [5.41, 5.74) is 1.54. The Balaban J connectivity index is 2.16. The molecule has 0 aliphatic rings. The summed E-state index contributed by atoms with van der Waals surface area (Å²) in [6.45, 7) is 2.62. The molecule has 0 saturated heterocycles. The lowest BCUT2D eigenvalue weighted by Crippen LogP contribution is -2.36. The van der Waals surface area contributed by atoms with E-state index in [4.69, 9.17) is 9.15 Å². The molecule has 0 fully saturated rings. The van der Waals surface area contributed by atoms with Crippen molar-refractivity contribution in [3.8, 4) is 0 Å². The number of furan rings is 1. The standard InChI is InChI=1S/C18H20N2O4/c1-13-5-3-6-14(11-13)17(21)20-16(12-15-7-4-9-24-15)18(22)19-8-10-23-2/h3-7,9,11-12H,8,10H2,1-2H3,(H,19,22)(H,20,21)/b16-12-. The summed E-state index contributed by atoms with van der Waals surface area (Å²) in [5, 5.41) is 5.31. The van der Waals surface area contributed by atoms with Gasteiger partial charge in [0, 0.05) is 25.3 Å². The summed E-state index contributed by atoms with van der Waals surface area (Å²) < 4.78 is 10.1. The molecule has 0 unspecified atom stereocenters. The van der Waals surface area contributed by atoms with Gasteiger partial charge in [-0.15, -0.1) is 0 Å². The number of hydrogen-bond acceptors (Lipinski definition) is 4. The first kappa shape index (κ1) is 17.5. The second kappa shape index (κ2) is 8.69. The zero-order valence-corrected chi connectivity index (χ0v) is 13.7. The Morgan fingerprint density at radius 1 is 1.25 bits per heavy atom. The third-order valence-electron chi connectivity index (χ3n) is 3.19. The van der Waals surface area contributed by atoms with Crippen molar-refractivity contribution >= 4 is 17.9 Å². The molecule has 2 aromatic rings. The molecule has 1 aromatic carbocycles. The number of hydrogen-bond donors (Lipinski definition) is 2. The molecule has 0 saturated carbocycles. The predicted molar refractivity (Wildman–Crippen MR) is 90.2 cm³/mol. The average Bonchev–Trinajstić information content (AvgIpc) is 3.07. The second-order valence-corrected chi connectivity index (χ2v) is 5.15. The molecule has 0 atom stereocenters. The minimum absolute atomic E-state index is 0.104. The van der Waals surface area contributed by atoms with Gasteiger partial charge in [0.1, 0.15) is 11.5 Å². The quantitative estimate of drug-likeness (QED) is 0.603. The largest absolute Gasteiger partial charge is 0.465 e. The number of benzene rings is 1. The van der Waals surface area contributed by atoms with Gasteiger partial charge in [0.2, 0.25) is 0 Å². The molecule has 0 bridgehead atoms. The molecule has 0 radical (unpaired) electrons. The van der Waals surface area contributed by atoms with Gasteiger partial charge < -0.3 is 19.8 Å². The number of carbonyl (C=O) groups is 2. The smallest absolute Gasteiger partial charge is 0.268 e. The molecule has 6 nitrogen and oxygen atoms in total. The molecular formula is C18H20N2O4. The molecule has 0 aliphatic heterocycles. The van der Waals surface area contributed by atoms with Crippen molar-refractivity contribution in [3.05, 3.63) is 65.2 Å². The van der Waals surface area contributed by atoms with Crippen LogP contribution in [0.5, 0.6) is 0 Å². The van der Waals surface area contributed by atoms with Gasteiger partial charge in [0.05, 0.1) is 12.9 Å². The Morgan fingerprint density at radius 3 is 2.75 bits per heavy atom. The van der Waals surface area contributed by atoms with Crippen molar-refractivity contribution in [2.75, 3.05) is 20.3 Å². The van der Waals surface area contributed by atoms with Gasteiger partial charge in [-0.05, 0) is 31.2 Å². The SMILES string of the molecule is COCCNC(=O)/C(=C/c1ccco1)NC(=O)c1cccc(C)c1. The fraction of sp³-hybridized carbons (Fsp3) is 0.222. The Labute approximate surface area is 140 Å². The van der Waals surface area contributed by atoms with Gasteiger partial charge in [-0.3, -0.25) is 9.59 Å². The molecule has 2 rings (SSSR count). The van der Waals surface area contributed by atoms with Crippen molar-refractivity contribution in [1.29, 1.82) is 0 Å². The third kappa shape index (κ3) is 5.10. The fourth-order valence-corrected chi connectivity index (χ4v) is 2.02. The normalized spacial score (nSPS) is 11.2. The lowest BCUT2D eigenvalue weighted by atomic mass is 10.1. The van der Waals surface area contributed by atoms with Crippen LogP contribution in [-0.4, -0.2) is 32.1 Å². The van der Waals surface area contributed by atoms with Crippen LogP contribution in [-0.2, 0) is 9.53 Å². The number of methoxy groups -OCH3 is 1. The van der Waals surface area contributed by atoms with Gasteiger partial charge in [-0.1, -0.05) is 17.7 Å². The zero-order chi connectivity index (χ0) is 17.4. The van der Waals surface area contributed by atoms with Crippen LogP contribution in [0.25, 0.3) is 6.08 Å². The minimum atomic E-state index is -0.413. The lowest BCUT2D eigenvalue weighted by molar-refractivity contribution is -0.117. The summed E-state index contributed by atoms with van der Waals surface area (Å²) in [4.78, 5) is 24.7. The van der Waals surface area contributed by atoms with Gasteiger partial charge in [-0.2, -0.15) is 0 Å². The van der Waals surface area contributed by atoms with Crippen molar-refractivity contribution in [3.63, 3.8) is 0 Å². The Bertz CT molecular complexity index is 720. The Morgan fingerprint density at radius 2 is 2.08 bits per heavy atom. The van der Waals surface area contributed by atoms with E-state index in [0.717, 1.165) is 5.56 Å². The number of ether oxygens (including phenoxy) is 1. The highest BCUT2D eigenvalue weighted by molar-refractivity contribution is 6.05. The van der Waals surface area contributed by atoms with E-state index in [9.17, 15) is 9.59 Å². The zero-order valence-electron chi connectivity index (χ0n) is 13.7. The summed E-state index contributed by atoms with van der Waals surface area (Å²) in [5.74, 6) is -0.306. The van der Waals surface area contributed by atoms with Crippen LogP contribution in [0.3, 0.4) is 0 Å². The van der Waals surface area contributed by atoms with E-state index in [2.05, 4.69) is 10.6 Å². The molecule has 24 heavy (non-hydrogen) atoms. The van der Waals surface area contributed by atoms with Gasteiger partial charge in [0.15, 0.2) is 0 Å². The summed E-state index contributed by atoms with van der Waals surface area (Å²) >= 11 is 0. The maximum atomic E-state index is 12.4. The highest BCUT2D eigenvalue weighted by atomic mass is 16.5. The highest BCUT2D eigenvalue weighted by Crippen LogP contribution is 2.09. The molecule has 2 N–H and O–H groups in total. The topological polar surface area (TPSA) is 80.6 Å². The number of aryl methyl sites for hydroxylation is 1. The van der Waals surface area contributed by atoms with Crippen molar-refractivity contribution < 1.29 is 18.7 Å². The van der Waals surface area contributed by atoms with E-state index >= 15 is 0 Å². The number of nitrogens with one attached hydrogen (secondary N) is 2. The average molecular weight is 328 g/mol. The second-order valence-electron chi connectivity index (χ2n) is 5.15. The van der Waals surface area contributed by atoms with Crippen molar-refractivity contribution in [2.45, 2.75) is 6.92 Å². The first-order chi connectivity index (χ1) is 11.6. The van der Waals surface area contributed by atoms with Crippen LogP contribution in [0.2, 0.25) is 0 Å². The van der Waals surface area contributed by atoms with Gasteiger partial charge in [0.25, 0.3) is 11.8 Å². The van der Waals surface area contributed by atoms with Crippen LogP contribution in [0.4, 0.5) is 0 Å². The molecule has 1 aromatic heterocycles. The van der Waals surface area contributed by atoms with Crippen LogP contribution in [0.1, 0.15) is 21.7 Å². The monoisotopic (exact) mass is 328 g/mol. The van der Waals surface area contributed by atoms with Crippen LogP contribution in [0.15, 0.2) is 52.8 Å². The van der Waals surface area contributed by atoms with Gasteiger partial charge >= 0.3 is 0 Å². The summed E-state index contributed by atoms with van der Waals surface area (Å²) in [6, 6.07) is 10.5. The lowest BCUT2D eigenvalue weighted by Gasteiger charge is -2.10. The first-order valence-corrected chi connectivity index (χ1v) is 7.50. The maximum absolute atomic E-state index is 12.4. The molecule has 2 amide bonds. The highest BCUT2D eigenvalue weighted by Gasteiger charge is 2.15. The van der Waals surface area contributed by atoms with Crippen molar-refractivity contribution in [2.24, 2.45) is 0 Å². The maximum Gasteiger partial charge on any atom is 0.268 e. The van der Waals surface area contributed by atoms with E-state index in [-0.39, 0.29) is 11.6 Å². The van der Waals surface area contributed by atoms with E-state index in [0.29, 0.717) is 24.5 Å². The molecule has 6 heteroatoms. The summed E-state index contributed by atoms with van der Waals surface area (Å²) in [7, 11) is 1.55. The number of amides is 2. The molecular weight excluding hydrogens is 308 g/mol. The van der Waals surface area contributed by atoms with Crippen LogP contribution < -0.4 is 10.6 Å². The van der Waals surface area contributed by atoms with E-state index in [1.165, 1.54) is 12.3 Å². The Kier molecular flexibility index (Phi) is 6.33. The Hall–Kier alpha value is -2.86. The number of rotatable bonds is 7. The first-order valence-electron chi connectivity index (χ1n) is 7.50. The minimum Gasteiger partial charge on any atom is -0.465 e. The number of carbonyl (C=O) groups excluding carboxylic acids is 2. The molecule has 0 spiro atoms. The fourth-order valence-electron chi connectivity index (χ4n) is 2.02. The van der Waals surface area contributed by atoms with Gasteiger partial charge in [-0.25, -0.2) is 0 Å². The van der Waals surface area contributed by atoms with E-state index in [1.807, 2.05) is 13.0 Å². The molecule has 1 heterocycles. The van der Waals surface area contributed by atoms with E-state index in [1.54, 1.807) is 37.4 Å². The molecule has 0 aliphatic carbocycles. The summed E-state index contributed by atoms with van der Waals surface area (Å²) in [6.07, 6.45) is 2.98. The van der Waals surface area contributed by atoms with Crippen molar-refractivity contribution in [1.82, 2.24) is 10.6 Å². The predicted octanol–water partition coefficient (Wildman–Crippen LogP) is 2.12. The van der Waals surface area contributed by atoms with Crippen LogP contribution >= 0.6 is 0 Å². The van der Waals surface area contributed by atoms with E-state index < -0.39 is 5.91 Å².